The monoisotopic (exact) mass is 409 g/mol. The number of aliphatic imine (C=N–C) groups is 1. The average molecular weight is 410 g/mol. The number of para-hydroxylation sites is 1. The van der Waals surface area contributed by atoms with E-state index >= 15 is 0 Å². The highest BCUT2D eigenvalue weighted by molar-refractivity contribution is 8.18. The molecule has 1 heterocycles. The fraction of sp³-hybridized carbons (Fsp3) is 0.217. The van der Waals surface area contributed by atoms with Gasteiger partial charge in [-0.1, -0.05) is 49.9 Å². The maximum absolute atomic E-state index is 12.4. The van der Waals surface area contributed by atoms with Crippen molar-refractivity contribution in [2.45, 2.75) is 26.7 Å². The molecule has 1 aliphatic heterocycles. The van der Waals surface area contributed by atoms with Crippen molar-refractivity contribution < 1.29 is 19.7 Å². The van der Waals surface area contributed by atoms with Gasteiger partial charge >= 0.3 is 5.97 Å². The first-order valence-corrected chi connectivity index (χ1v) is 10.2. The summed E-state index contributed by atoms with van der Waals surface area (Å²) in [6.07, 6.45) is 1.78. The fourth-order valence-corrected chi connectivity index (χ4v) is 3.92. The molecule has 0 aromatic heterocycles. The third-order valence-corrected chi connectivity index (χ3v) is 5.35. The lowest BCUT2D eigenvalue weighted by Crippen LogP contribution is -2.12. The molecule has 1 aliphatic rings. The zero-order chi connectivity index (χ0) is 21.0. The Labute approximate surface area is 174 Å². The number of hydrogen-bond donors (Lipinski definition) is 2. The highest BCUT2D eigenvalue weighted by Gasteiger charge is 2.33. The summed E-state index contributed by atoms with van der Waals surface area (Å²) in [5.41, 5.74) is 2.37. The van der Waals surface area contributed by atoms with Crippen molar-refractivity contribution in [2.75, 3.05) is 6.61 Å². The number of thioether (sulfide) groups is 1. The average Bonchev–Trinajstić information content (AvgIpc) is 2.99. The molecule has 0 atom stereocenters. The van der Waals surface area contributed by atoms with Gasteiger partial charge in [0.1, 0.15) is 22.1 Å². The second-order valence-corrected chi connectivity index (χ2v) is 7.81. The number of aromatic hydroxyl groups is 1. The molecule has 0 fully saturated rings. The highest BCUT2D eigenvalue weighted by Crippen LogP contribution is 2.40. The number of ether oxygens (including phenoxy) is 1. The van der Waals surface area contributed by atoms with E-state index in [9.17, 15) is 15.0 Å². The van der Waals surface area contributed by atoms with E-state index in [1.54, 1.807) is 25.1 Å². The Morgan fingerprint density at radius 1 is 1.17 bits per heavy atom. The molecule has 0 saturated heterocycles. The number of hydrogen-bond acceptors (Lipinski definition) is 6. The number of benzene rings is 2. The first-order valence-electron chi connectivity index (χ1n) is 9.38. The van der Waals surface area contributed by atoms with Crippen LogP contribution >= 0.6 is 11.8 Å². The second kappa shape index (κ2) is 9.01. The van der Waals surface area contributed by atoms with E-state index in [0.717, 1.165) is 11.1 Å². The summed E-state index contributed by atoms with van der Waals surface area (Å²) < 4.78 is 5.12. The minimum atomic E-state index is -0.607. The predicted molar refractivity (Wildman–Crippen MR) is 118 cm³/mol. The van der Waals surface area contributed by atoms with Crippen LogP contribution in [0.4, 0.5) is 5.69 Å². The van der Waals surface area contributed by atoms with E-state index in [0.29, 0.717) is 15.6 Å². The molecule has 6 heteroatoms. The quantitative estimate of drug-likeness (QED) is 0.619. The van der Waals surface area contributed by atoms with Crippen LogP contribution < -0.4 is 0 Å². The third-order valence-electron chi connectivity index (χ3n) is 4.33. The van der Waals surface area contributed by atoms with E-state index in [2.05, 4.69) is 4.99 Å². The van der Waals surface area contributed by atoms with E-state index < -0.39 is 5.97 Å². The van der Waals surface area contributed by atoms with Crippen LogP contribution in [-0.4, -0.2) is 27.8 Å². The SMILES string of the molecule is CCOC(=O)C1=C(O)/C(=C/c2ccc(O)c(C(C)C)c2)SC1=Nc1ccccc1. The van der Waals surface area contributed by atoms with Crippen molar-refractivity contribution in [1.82, 2.24) is 0 Å². The number of nitrogens with zero attached hydrogens (tertiary/aromatic N) is 1. The van der Waals surface area contributed by atoms with Gasteiger partial charge in [0.25, 0.3) is 0 Å². The van der Waals surface area contributed by atoms with E-state index in [1.165, 1.54) is 11.8 Å². The summed E-state index contributed by atoms with van der Waals surface area (Å²) in [7, 11) is 0. The first-order chi connectivity index (χ1) is 13.9. The Morgan fingerprint density at radius 3 is 2.55 bits per heavy atom. The van der Waals surface area contributed by atoms with Gasteiger partial charge < -0.3 is 14.9 Å². The summed E-state index contributed by atoms with van der Waals surface area (Å²) in [4.78, 5) is 17.5. The first kappa shape index (κ1) is 20.7. The Kier molecular flexibility index (Phi) is 6.44. The number of aliphatic hydroxyl groups excluding tert-OH is 1. The molecule has 0 saturated carbocycles. The zero-order valence-corrected chi connectivity index (χ0v) is 17.4. The smallest absolute Gasteiger partial charge is 0.344 e. The summed E-state index contributed by atoms with van der Waals surface area (Å²) >= 11 is 1.21. The molecule has 2 aromatic carbocycles. The van der Waals surface area contributed by atoms with E-state index in [1.807, 2.05) is 50.2 Å². The molecule has 2 N–H and O–H groups in total. The van der Waals surface area contributed by atoms with Gasteiger partial charge in [0.15, 0.2) is 0 Å². The van der Waals surface area contributed by atoms with Gasteiger partial charge in [-0.05, 0) is 54.3 Å². The van der Waals surface area contributed by atoms with Crippen molar-refractivity contribution >= 4 is 34.5 Å². The van der Waals surface area contributed by atoms with Crippen LogP contribution in [-0.2, 0) is 9.53 Å². The van der Waals surface area contributed by atoms with E-state index in [4.69, 9.17) is 4.74 Å². The van der Waals surface area contributed by atoms with Crippen LogP contribution in [0.3, 0.4) is 0 Å². The normalized spacial score (nSPS) is 16.8. The zero-order valence-electron chi connectivity index (χ0n) is 16.5. The van der Waals surface area contributed by atoms with Gasteiger partial charge in [-0.25, -0.2) is 9.79 Å². The van der Waals surface area contributed by atoms with Gasteiger partial charge in [0.2, 0.25) is 0 Å². The lowest BCUT2D eigenvalue weighted by atomic mass is 9.99. The number of phenols is 1. The Hall–Kier alpha value is -2.99. The molecule has 150 valence electrons. The van der Waals surface area contributed by atoms with Crippen LogP contribution in [0.15, 0.2) is 69.8 Å². The summed E-state index contributed by atoms with van der Waals surface area (Å²) in [6.45, 7) is 5.91. The number of carbonyl (C=O) groups excluding carboxylic acids is 1. The molecule has 0 amide bonds. The van der Waals surface area contributed by atoms with Crippen molar-refractivity contribution in [3.8, 4) is 5.75 Å². The van der Waals surface area contributed by atoms with Crippen LogP contribution in [0.2, 0.25) is 0 Å². The molecule has 0 spiro atoms. The number of esters is 1. The minimum absolute atomic E-state index is 0.0646. The fourth-order valence-electron chi connectivity index (χ4n) is 2.89. The van der Waals surface area contributed by atoms with Crippen LogP contribution in [0.1, 0.15) is 37.8 Å². The highest BCUT2D eigenvalue weighted by atomic mass is 32.2. The summed E-state index contributed by atoms with van der Waals surface area (Å²) in [6, 6.07) is 14.5. The van der Waals surface area contributed by atoms with Crippen LogP contribution in [0.5, 0.6) is 5.75 Å². The van der Waals surface area contributed by atoms with Gasteiger partial charge in [0, 0.05) is 0 Å². The van der Waals surface area contributed by atoms with Gasteiger partial charge in [0.05, 0.1) is 17.2 Å². The Bertz CT molecular complexity index is 1010. The minimum Gasteiger partial charge on any atom is -0.508 e. The number of phenolic OH excluding ortho intramolecular Hbond substituents is 1. The van der Waals surface area contributed by atoms with E-state index in [-0.39, 0.29) is 29.6 Å². The molecular formula is C23H23NO4S. The molecule has 29 heavy (non-hydrogen) atoms. The molecular weight excluding hydrogens is 386 g/mol. The van der Waals surface area contributed by atoms with Gasteiger partial charge in [-0.3, -0.25) is 0 Å². The number of rotatable bonds is 5. The standard InChI is InChI=1S/C23H23NO4S/c1-4-28-23(27)20-21(26)19(29-22(20)24-16-8-6-5-7-9-16)13-15-10-11-18(25)17(12-15)14(2)3/h5-14,25-26H,4H2,1-3H3/b19-13-,24-22?. The lowest BCUT2D eigenvalue weighted by molar-refractivity contribution is -0.138. The van der Waals surface area contributed by atoms with Crippen molar-refractivity contribution in [3.05, 3.63) is 75.9 Å². The third kappa shape index (κ3) is 4.71. The summed E-state index contributed by atoms with van der Waals surface area (Å²) in [5.74, 6) is -0.370. The molecule has 3 rings (SSSR count). The maximum atomic E-state index is 12.4. The number of aliphatic hydroxyl groups is 1. The molecule has 0 radical (unpaired) electrons. The summed E-state index contributed by atoms with van der Waals surface area (Å²) in [5, 5.41) is 21.2. The molecule has 5 nitrogen and oxygen atoms in total. The van der Waals surface area contributed by atoms with Crippen LogP contribution in [0.25, 0.3) is 6.08 Å². The molecule has 2 aromatic rings. The predicted octanol–water partition coefficient (Wildman–Crippen LogP) is 5.71. The van der Waals surface area contributed by atoms with Crippen molar-refractivity contribution in [2.24, 2.45) is 4.99 Å². The number of carbonyl (C=O) groups is 1. The van der Waals surface area contributed by atoms with Crippen molar-refractivity contribution in [3.63, 3.8) is 0 Å². The van der Waals surface area contributed by atoms with Crippen molar-refractivity contribution in [1.29, 1.82) is 0 Å². The molecule has 0 aliphatic carbocycles. The van der Waals surface area contributed by atoms with Crippen LogP contribution in [0, 0.1) is 0 Å². The molecule has 0 bridgehead atoms. The molecule has 0 unspecified atom stereocenters. The van der Waals surface area contributed by atoms with Gasteiger partial charge in [-0.15, -0.1) is 0 Å². The Balaban J connectivity index is 2.04. The largest absolute Gasteiger partial charge is 0.508 e. The maximum Gasteiger partial charge on any atom is 0.344 e. The second-order valence-electron chi connectivity index (χ2n) is 6.78. The Morgan fingerprint density at radius 2 is 1.90 bits per heavy atom. The lowest BCUT2D eigenvalue weighted by Gasteiger charge is -2.09. The van der Waals surface area contributed by atoms with Gasteiger partial charge in [-0.2, -0.15) is 0 Å². The topological polar surface area (TPSA) is 79.1 Å².